The van der Waals surface area contributed by atoms with Crippen LogP contribution >= 0.6 is 0 Å². The van der Waals surface area contributed by atoms with Gasteiger partial charge in [0, 0.05) is 6.54 Å². The lowest BCUT2D eigenvalue weighted by molar-refractivity contribution is -0.122. The van der Waals surface area contributed by atoms with Crippen molar-refractivity contribution in [2.24, 2.45) is 10.9 Å². The molecule has 1 unspecified atom stereocenters. The second-order valence-electron chi connectivity index (χ2n) is 4.66. The molecule has 0 aromatic heterocycles. The molecule has 0 heterocycles. The number of benzene rings is 1. The van der Waals surface area contributed by atoms with E-state index in [1.807, 2.05) is 6.92 Å². The van der Waals surface area contributed by atoms with Crippen molar-refractivity contribution in [2.75, 3.05) is 0 Å². The molecular formula is C13H21N3O3S. The maximum Gasteiger partial charge on any atom is 0.238 e. The molecule has 1 atom stereocenters. The van der Waals surface area contributed by atoms with Crippen molar-refractivity contribution < 1.29 is 13.2 Å². The predicted octanol–water partition coefficient (Wildman–Crippen LogP) is 0.468. The highest BCUT2D eigenvalue weighted by Crippen LogP contribution is 2.09. The van der Waals surface area contributed by atoms with Crippen LogP contribution in [0.4, 0.5) is 0 Å². The van der Waals surface area contributed by atoms with Gasteiger partial charge < -0.3 is 11.1 Å². The molecule has 0 spiro atoms. The fourth-order valence-corrected chi connectivity index (χ4v) is 2.29. The van der Waals surface area contributed by atoms with Crippen LogP contribution < -0.4 is 16.2 Å². The highest BCUT2D eigenvalue weighted by atomic mass is 32.2. The lowest BCUT2D eigenvalue weighted by atomic mass is 10.1. The number of hydrogen-bond donors (Lipinski definition) is 3. The van der Waals surface area contributed by atoms with Crippen LogP contribution in [0.2, 0.25) is 0 Å². The Kier molecular flexibility index (Phi) is 6.12. The summed E-state index contributed by atoms with van der Waals surface area (Å²) >= 11 is 0. The Bertz CT molecular complexity index is 558. The van der Waals surface area contributed by atoms with Gasteiger partial charge in [0.05, 0.1) is 10.9 Å². The van der Waals surface area contributed by atoms with Crippen LogP contribution in [0.1, 0.15) is 31.7 Å². The molecule has 5 N–H and O–H groups in total. The minimum atomic E-state index is -3.73. The van der Waals surface area contributed by atoms with E-state index in [0.29, 0.717) is 12.0 Å². The van der Waals surface area contributed by atoms with E-state index in [0.717, 1.165) is 12.8 Å². The van der Waals surface area contributed by atoms with Crippen LogP contribution in [0.5, 0.6) is 0 Å². The molecule has 0 fully saturated rings. The predicted molar refractivity (Wildman–Crippen MR) is 77.2 cm³/mol. The van der Waals surface area contributed by atoms with Crippen molar-refractivity contribution in [3.63, 3.8) is 0 Å². The number of rotatable bonds is 7. The first-order valence-electron chi connectivity index (χ1n) is 6.49. The number of carbonyl (C=O) groups excluding carboxylic acids is 1. The largest absolute Gasteiger partial charge is 0.351 e. The number of sulfonamides is 1. The summed E-state index contributed by atoms with van der Waals surface area (Å²) in [5.74, 6) is -0.237. The summed E-state index contributed by atoms with van der Waals surface area (Å²) in [7, 11) is -3.73. The number of unbranched alkanes of at least 4 members (excludes halogenated alkanes) is 1. The summed E-state index contributed by atoms with van der Waals surface area (Å²) in [5.41, 5.74) is 6.40. The third kappa shape index (κ3) is 5.28. The quantitative estimate of drug-likeness (QED) is 0.678. The van der Waals surface area contributed by atoms with Crippen molar-refractivity contribution >= 4 is 15.9 Å². The number of nitrogens with one attached hydrogen (secondary N) is 1. The van der Waals surface area contributed by atoms with Crippen LogP contribution in [0.15, 0.2) is 29.2 Å². The molecule has 0 saturated carbocycles. The maximum atomic E-state index is 11.7. The summed E-state index contributed by atoms with van der Waals surface area (Å²) in [5, 5.41) is 7.74. The molecule has 0 aliphatic carbocycles. The summed E-state index contributed by atoms with van der Waals surface area (Å²) < 4.78 is 22.4. The molecule has 0 aliphatic rings. The molecule has 0 aliphatic heterocycles. The number of carbonyl (C=O) groups is 1. The summed E-state index contributed by atoms with van der Waals surface area (Å²) in [6.45, 7) is 2.26. The first-order chi connectivity index (χ1) is 9.34. The van der Waals surface area contributed by atoms with Gasteiger partial charge in [-0.3, -0.25) is 4.79 Å². The number of primary sulfonamides is 1. The Labute approximate surface area is 119 Å². The molecule has 1 aromatic carbocycles. The second kappa shape index (κ2) is 7.37. The van der Waals surface area contributed by atoms with Gasteiger partial charge in [-0.25, -0.2) is 13.6 Å². The Hall–Kier alpha value is -1.44. The molecule has 20 heavy (non-hydrogen) atoms. The monoisotopic (exact) mass is 299 g/mol. The lowest BCUT2D eigenvalue weighted by Crippen LogP contribution is -2.40. The normalized spacial score (nSPS) is 12.9. The van der Waals surface area contributed by atoms with Crippen LogP contribution in [0.3, 0.4) is 0 Å². The number of amides is 1. The van der Waals surface area contributed by atoms with E-state index in [2.05, 4.69) is 5.32 Å². The summed E-state index contributed by atoms with van der Waals surface area (Å²) in [6.07, 6.45) is 2.52. The van der Waals surface area contributed by atoms with E-state index >= 15 is 0 Å². The average Bonchev–Trinajstić information content (AvgIpc) is 2.41. The number of nitrogens with two attached hydrogens (primary N) is 2. The van der Waals surface area contributed by atoms with E-state index in [1.165, 1.54) is 12.1 Å². The molecule has 112 valence electrons. The van der Waals surface area contributed by atoms with Gasteiger partial charge in [0.1, 0.15) is 0 Å². The van der Waals surface area contributed by atoms with Crippen LogP contribution in [-0.4, -0.2) is 20.4 Å². The molecule has 0 bridgehead atoms. The molecule has 1 rings (SSSR count). The van der Waals surface area contributed by atoms with Gasteiger partial charge in [-0.15, -0.1) is 0 Å². The van der Waals surface area contributed by atoms with Crippen molar-refractivity contribution in [1.82, 2.24) is 5.32 Å². The van der Waals surface area contributed by atoms with Crippen molar-refractivity contribution in [3.05, 3.63) is 29.8 Å². The van der Waals surface area contributed by atoms with E-state index in [9.17, 15) is 13.2 Å². The minimum absolute atomic E-state index is 0.0273. The van der Waals surface area contributed by atoms with Gasteiger partial charge in [-0.1, -0.05) is 31.9 Å². The third-order valence-electron chi connectivity index (χ3n) is 2.90. The van der Waals surface area contributed by atoms with Gasteiger partial charge in [-0.05, 0) is 24.1 Å². The van der Waals surface area contributed by atoms with Gasteiger partial charge in [0.15, 0.2) is 0 Å². The van der Waals surface area contributed by atoms with E-state index in [4.69, 9.17) is 10.9 Å². The van der Waals surface area contributed by atoms with Gasteiger partial charge in [0.2, 0.25) is 15.9 Å². The average molecular weight is 299 g/mol. The molecule has 6 nitrogen and oxygen atoms in total. The SMILES string of the molecule is CCCCC(N)C(=O)NCc1cccc(S(N)(=O)=O)c1. The maximum absolute atomic E-state index is 11.7. The highest BCUT2D eigenvalue weighted by Gasteiger charge is 2.13. The molecule has 0 saturated heterocycles. The van der Waals surface area contributed by atoms with E-state index in [1.54, 1.807) is 12.1 Å². The van der Waals surface area contributed by atoms with Gasteiger partial charge >= 0.3 is 0 Å². The number of hydrogen-bond acceptors (Lipinski definition) is 4. The minimum Gasteiger partial charge on any atom is -0.351 e. The molecule has 1 amide bonds. The Morgan fingerprint density at radius 2 is 2.10 bits per heavy atom. The van der Waals surface area contributed by atoms with Crippen molar-refractivity contribution in [2.45, 2.75) is 43.7 Å². The molecule has 1 aromatic rings. The third-order valence-corrected chi connectivity index (χ3v) is 3.81. The summed E-state index contributed by atoms with van der Waals surface area (Å²) in [6, 6.07) is 5.61. The van der Waals surface area contributed by atoms with Gasteiger partial charge in [0.25, 0.3) is 0 Å². The zero-order valence-corrected chi connectivity index (χ0v) is 12.3. The first kappa shape index (κ1) is 16.6. The highest BCUT2D eigenvalue weighted by molar-refractivity contribution is 7.89. The smallest absolute Gasteiger partial charge is 0.238 e. The van der Waals surface area contributed by atoms with E-state index in [-0.39, 0.29) is 17.3 Å². The van der Waals surface area contributed by atoms with Crippen molar-refractivity contribution in [1.29, 1.82) is 0 Å². The molecule has 0 radical (unpaired) electrons. The Morgan fingerprint density at radius 3 is 2.70 bits per heavy atom. The fraction of sp³-hybridized carbons (Fsp3) is 0.462. The summed E-state index contributed by atoms with van der Waals surface area (Å²) in [4.78, 5) is 11.8. The molecule has 7 heteroatoms. The topological polar surface area (TPSA) is 115 Å². The zero-order valence-electron chi connectivity index (χ0n) is 11.5. The fourth-order valence-electron chi connectivity index (χ4n) is 1.71. The Morgan fingerprint density at radius 1 is 1.40 bits per heavy atom. The zero-order chi connectivity index (χ0) is 15.2. The van der Waals surface area contributed by atoms with Gasteiger partial charge in [-0.2, -0.15) is 0 Å². The second-order valence-corrected chi connectivity index (χ2v) is 6.22. The van der Waals surface area contributed by atoms with E-state index < -0.39 is 16.1 Å². The standard InChI is InChI=1S/C13H21N3O3S/c1-2-3-7-12(14)13(17)16-9-10-5-4-6-11(8-10)20(15,18)19/h4-6,8,12H,2-3,7,9,14H2,1H3,(H,16,17)(H2,15,18,19). The van der Waals surface area contributed by atoms with Crippen molar-refractivity contribution in [3.8, 4) is 0 Å². The molecular weight excluding hydrogens is 278 g/mol. The first-order valence-corrected chi connectivity index (χ1v) is 8.04. The van der Waals surface area contributed by atoms with Crippen LogP contribution in [-0.2, 0) is 21.4 Å². The van der Waals surface area contributed by atoms with Crippen LogP contribution in [0, 0.1) is 0 Å². The lowest BCUT2D eigenvalue weighted by Gasteiger charge is -2.12. The Balaban J connectivity index is 2.60. The van der Waals surface area contributed by atoms with Crippen LogP contribution in [0.25, 0.3) is 0 Å².